The second kappa shape index (κ2) is 2.69. The average molecular weight is 343 g/mol. The van der Waals surface area contributed by atoms with Gasteiger partial charge in [-0.25, -0.2) is 0 Å². The monoisotopic (exact) mass is 343 g/mol. The number of fused-ring (bicyclic) bond motifs is 1. The Balaban J connectivity index is 2.93. The first-order valence-corrected chi connectivity index (χ1v) is 7.51. The number of para-hydroxylation sites is 1. The number of aromatic nitrogens is 1. The molecule has 1 nitrogen and oxygen atoms in total. The third kappa shape index (κ3) is 1.05. The van der Waals surface area contributed by atoms with Crippen molar-refractivity contribution in [2.45, 2.75) is 0 Å². The SMILES string of the molecule is [RaH][c]1c[nH]c2ccccc12. The summed E-state index contributed by atoms with van der Waals surface area (Å²) in [4.78, 5) is 3.25. The Morgan fingerprint density at radius 2 is 2.00 bits per heavy atom. The fourth-order valence-electron chi connectivity index (χ4n) is 1.22. The van der Waals surface area contributed by atoms with E-state index in [1.807, 2.05) is 0 Å². The number of H-pyrrole nitrogens is 1. The van der Waals surface area contributed by atoms with Crippen molar-refractivity contribution < 1.29 is 42.8 Å². The summed E-state index contributed by atoms with van der Waals surface area (Å²) in [5.41, 5.74) is 1.28. The molecule has 0 spiro atoms. The Morgan fingerprint density at radius 1 is 1.20 bits per heavy atom. The molecule has 10 heavy (non-hydrogen) atoms. The van der Waals surface area contributed by atoms with Gasteiger partial charge in [-0.15, -0.1) is 0 Å². The molecule has 0 aliphatic heterocycles. The van der Waals surface area contributed by atoms with E-state index in [1.165, 1.54) is 10.9 Å². The molecule has 0 aliphatic rings. The summed E-state index contributed by atoms with van der Waals surface area (Å²) < 4.78 is 1.54. The maximum absolute atomic E-state index is 3.25. The number of aromatic amines is 1. The van der Waals surface area contributed by atoms with Crippen LogP contribution in [0.1, 0.15) is 0 Å². The summed E-state index contributed by atoms with van der Waals surface area (Å²) in [6, 6.07) is 8.47. The number of benzene rings is 1. The van der Waals surface area contributed by atoms with E-state index in [0.29, 0.717) is 42.8 Å². The zero-order valence-electron chi connectivity index (χ0n) is 5.89. The van der Waals surface area contributed by atoms with Crippen molar-refractivity contribution in [1.82, 2.24) is 4.98 Å². The fraction of sp³-hybridized carbons (Fsp3) is 0. The molecule has 0 bridgehead atoms. The van der Waals surface area contributed by atoms with E-state index in [-0.39, 0.29) is 0 Å². The van der Waals surface area contributed by atoms with Gasteiger partial charge in [0.15, 0.2) is 0 Å². The molecule has 0 saturated heterocycles. The van der Waals surface area contributed by atoms with Gasteiger partial charge in [-0.2, -0.15) is 0 Å². The van der Waals surface area contributed by atoms with Crippen molar-refractivity contribution in [3.05, 3.63) is 30.5 Å². The van der Waals surface area contributed by atoms with Crippen molar-refractivity contribution in [2.75, 3.05) is 0 Å². The molecule has 1 N–H and O–H groups in total. The molecule has 2 heteroatoms. The Bertz CT molecular complexity index is 351. The van der Waals surface area contributed by atoms with E-state index in [1.54, 1.807) is 0.604 Å². The van der Waals surface area contributed by atoms with Crippen molar-refractivity contribution in [3.8, 4) is 0 Å². The second-order valence-electron chi connectivity index (χ2n) is 2.52. The van der Waals surface area contributed by atoms with Crippen LogP contribution in [0.15, 0.2) is 30.5 Å². The molecule has 0 radical (unpaired) electrons. The molecule has 1 aromatic carbocycles. The van der Waals surface area contributed by atoms with Crippen molar-refractivity contribution >= 4 is 11.5 Å². The van der Waals surface area contributed by atoms with Gasteiger partial charge in [-0.05, 0) is 0 Å². The van der Waals surface area contributed by atoms with Gasteiger partial charge in [-0.1, -0.05) is 0 Å². The minimum absolute atomic E-state index is 0.487. The minimum atomic E-state index is 0.487. The molecule has 0 amide bonds. The molecule has 1 heterocycles. The zero-order valence-corrected chi connectivity index (χ0v) is 14.1. The van der Waals surface area contributed by atoms with Crippen LogP contribution in [0, 0.1) is 42.8 Å². The standard InChI is InChI=1S/C8H6N.Ra.H/c1-2-4-8-7(3-1)5-6-9-8;;/h1-4,6,9H;;. The molecule has 0 fully saturated rings. The topological polar surface area (TPSA) is 15.8 Å². The Kier molecular flexibility index (Phi) is 1.86. The van der Waals surface area contributed by atoms with Crippen molar-refractivity contribution in [3.63, 3.8) is 0 Å². The first kappa shape index (κ1) is 6.91. The molecule has 46 valence electrons. The quantitative estimate of drug-likeness (QED) is 0.737. The van der Waals surface area contributed by atoms with Gasteiger partial charge in [0.25, 0.3) is 0 Å². The summed E-state index contributed by atoms with van der Waals surface area (Å²) in [5.74, 6) is 0. The second-order valence-corrected chi connectivity index (χ2v) is 6.94. The molecular weight excluding hydrogens is 336 g/mol. The van der Waals surface area contributed by atoms with Crippen LogP contribution in [-0.2, 0) is 0 Å². The van der Waals surface area contributed by atoms with E-state index >= 15 is 0 Å². The number of hydrogen-bond acceptors (Lipinski definition) is 0. The molecule has 2 rings (SSSR count). The molecular formula is C8H7NRa. The molecule has 0 atom stereocenters. The van der Waals surface area contributed by atoms with Crippen LogP contribution in [0.5, 0.6) is 0 Å². The third-order valence-electron chi connectivity index (χ3n) is 1.80. The zero-order chi connectivity index (χ0) is 6.97. The van der Waals surface area contributed by atoms with Crippen LogP contribution in [0.25, 0.3) is 10.9 Å². The van der Waals surface area contributed by atoms with Gasteiger partial charge in [0.2, 0.25) is 0 Å². The summed E-state index contributed by atoms with van der Waals surface area (Å²) in [5, 5.41) is 1.42. The van der Waals surface area contributed by atoms with Gasteiger partial charge in [0.1, 0.15) is 0 Å². The number of nitrogens with one attached hydrogen (secondary N) is 1. The van der Waals surface area contributed by atoms with Gasteiger partial charge in [0.05, 0.1) is 0 Å². The van der Waals surface area contributed by atoms with E-state index in [0.717, 1.165) is 0 Å². The van der Waals surface area contributed by atoms with Gasteiger partial charge in [-0.3, -0.25) is 0 Å². The van der Waals surface area contributed by atoms with Gasteiger partial charge >= 0.3 is 89.7 Å². The summed E-state index contributed by atoms with van der Waals surface area (Å²) in [6.07, 6.45) is 2.13. The van der Waals surface area contributed by atoms with Crippen LogP contribution in [0.4, 0.5) is 0 Å². The van der Waals surface area contributed by atoms with Gasteiger partial charge < -0.3 is 0 Å². The van der Waals surface area contributed by atoms with Crippen LogP contribution >= 0.6 is 0 Å². The van der Waals surface area contributed by atoms with Crippen LogP contribution in [0.3, 0.4) is 0 Å². The fourth-order valence-corrected chi connectivity index (χ4v) is 3.60. The van der Waals surface area contributed by atoms with Crippen molar-refractivity contribution in [2.24, 2.45) is 0 Å². The number of rotatable bonds is 0. The predicted octanol–water partition coefficient (Wildman–Crippen LogP) is 1.07. The van der Waals surface area contributed by atoms with Crippen molar-refractivity contribution in [1.29, 1.82) is 0 Å². The Labute approximate surface area is 88.6 Å². The summed E-state index contributed by atoms with van der Waals surface area (Å²) in [7, 11) is 0. The normalized spacial score (nSPS) is 10.3. The van der Waals surface area contributed by atoms with E-state index < -0.39 is 0 Å². The molecule has 2 aromatic rings. The molecule has 1 aromatic heterocycles. The third-order valence-corrected chi connectivity index (χ3v) is 5.20. The Morgan fingerprint density at radius 3 is 2.80 bits per heavy atom. The van der Waals surface area contributed by atoms with E-state index in [4.69, 9.17) is 0 Å². The maximum atomic E-state index is 3.25. The van der Waals surface area contributed by atoms with E-state index in [2.05, 4.69) is 35.4 Å². The average Bonchev–Trinajstić information content (AvgIpc) is 2.34. The first-order chi connectivity index (χ1) is 4.88. The molecule has 0 saturated carbocycles. The first-order valence-electron chi connectivity index (χ1n) is 3.40. The Hall–Kier alpha value is 0.228. The van der Waals surface area contributed by atoms with E-state index in [9.17, 15) is 0 Å². The van der Waals surface area contributed by atoms with Crippen LogP contribution < -0.4 is 0.604 Å². The summed E-state index contributed by atoms with van der Waals surface area (Å²) >= 11 is 0.487. The molecule has 0 aliphatic carbocycles. The summed E-state index contributed by atoms with van der Waals surface area (Å²) in [6.45, 7) is 0. The predicted molar refractivity (Wildman–Crippen MR) is 39.3 cm³/mol. The molecule has 0 unspecified atom stereocenters. The van der Waals surface area contributed by atoms with Crippen LogP contribution in [0.2, 0.25) is 0 Å². The number of hydrogen-bond donors (Lipinski definition) is 1. The van der Waals surface area contributed by atoms with Crippen LogP contribution in [-0.4, -0.2) is 4.98 Å². The van der Waals surface area contributed by atoms with Gasteiger partial charge in [0, 0.05) is 0 Å².